The molecular weight excluding hydrogens is 254 g/mol. The lowest BCUT2D eigenvalue weighted by Crippen LogP contribution is -2.06. The van der Waals surface area contributed by atoms with E-state index in [-0.39, 0.29) is 5.37 Å². The second kappa shape index (κ2) is 4.71. The van der Waals surface area contributed by atoms with Crippen LogP contribution in [0.15, 0.2) is 12.7 Å². The van der Waals surface area contributed by atoms with Crippen LogP contribution in [0.1, 0.15) is 18.2 Å². The summed E-state index contributed by atoms with van der Waals surface area (Å²) in [5.41, 5.74) is 7.15. The third-order valence-corrected chi connectivity index (χ3v) is 4.58. The van der Waals surface area contributed by atoms with Gasteiger partial charge in [0.05, 0.1) is 18.3 Å². The highest BCUT2D eigenvalue weighted by molar-refractivity contribution is 8.00. The zero-order valence-electron chi connectivity index (χ0n) is 9.56. The second-order valence-electron chi connectivity index (χ2n) is 4.17. The van der Waals surface area contributed by atoms with Crippen LogP contribution in [0.3, 0.4) is 0 Å². The first-order valence-electron chi connectivity index (χ1n) is 5.64. The van der Waals surface area contributed by atoms with Gasteiger partial charge in [0.1, 0.15) is 11.8 Å². The van der Waals surface area contributed by atoms with Crippen LogP contribution in [-0.2, 0) is 4.89 Å². The van der Waals surface area contributed by atoms with Crippen molar-refractivity contribution in [3.63, 3.8) is 0 Å². The van der Waals surface area contributed by atoms with Crippen molar-refractivity contribution in [3.05, 3.63) is 12.7 Å². The largest absolute Gasteiger partial charge is 0.382 e. The van der Waals surface area contributed by atoms with Gasteiger partial charge in [0, 0.05) is 5.25 Å². The summed E-state index contributed by atoms with van der Waals surface area (Å²) >= 11 is 1.75. The van der Waals surface area contributed by atoms with Gasteiger partial charge in [-0.15, -0.1) is 11.8 Å². The molecule has 96 valence electrons. The van der Waals surface area contributed by atoms with E-state index in [0.717, 1.165) is 18.5 Å². The van der Waals surface area contributed by atoms with Crippen LogP contribution in [0, 0.1) is 0 Å². The van der Waals surface area contributed by atoms with Crippen molar-refractivity contribution in [2.24, 2.45) is 0 Å². The number of hydrogen-bond acceptors (Lipinski definition) is 7. The van der Waals surface area contributed by atoms with E-state index in [1.807, 2.05) is 4.57 Å². The third-order valence-electron chi connectivity index (χ3n) is 3.04. The van der Waals surface area contributed by atoms with Gasteiger partial charge >= 0.3 is 0 Å². The summed E-state index contributed by atoms with van der Waals surface area (Å²) < 4.78 is 2.01. The van der Waals surface area contributed by atoms with E-state index in [4.69, 9.17) is 11.0 Å². The number of thioether (sulfide) groups is 1. The molecule has 18 heavy (non-hydrogen) atoms. The standard InChI is InChI=1S/C10H13N5O2S/c11-9-8-10(13-4-12-9)15(5-14-8)7-2-1-6(18-7)3-17-16/h4-7,16H,1-3H2,(H2,11,12,13)/t6-,7+/m0/s1. The Hall–Kier alpha value is -1.38. The second-order valence-corrected chi connectivity index (χ2v) is 5.65. The molecule has 0 radical (unpaired) electrons. The van der Waals surface area contributed by atoms with E-state index in [2.05, 4.69) is 19.8 Å². The monoisotopic (exact) mass is 267 g/mol. The van der Waals surface area contributed by atoms with Gasteiger partial charge in [0.15, 0.2) is 11.5 Å². The molecule has 3 rings (SSSR count). The van der Waals surface area contributed by atoms with Gasteiger partial charge in [-0.1, -0.05) is 0 Å². The summed E-state index contributed by atoms with van der Waals surface area (Å²) in [5.74, 6) is 0.400. The average molecular weight is 267 g/mol. The van der Waals surface area contributed by atoms with E-state index < -0.39 is 0 Å². The molecule has 0 bridgehead atoms. The summed E-state index contributed by atoms with van der Waals surface area (Å²) in [6.45, 7) is 0.352. The zero-order valence-corrected chi connectivity index (χ0v) is 10.4. The van der Waals surface area contributed by atoms with Crippen molar-refractivity contribution in [2.75, 3.05) is 12.3 Å². The van der Waals surface area contributed by atoms with Gasteiger partial charge in [-0.05, 0) is 12.8 Å². The molecule has 0 unspecified atom stereocenters. The van der Waals surface area contributed by atoms with Crippen molar-refractivity contribution in [2.45, 2.75) is 23.5 Å². The first-order valence-corrected chi connectivity index (χ1v) is 6.58. The maximum Gasteiger partial charge on any atom is 0.166 e. The Kier molecular flexibility index (Phi) is 3.06. The van der Waals surface area contributed by atoms with Gasteiger partial charge < -0.3 is 10.3 Å². The Morgan fingerprint density at radius 2 is 2.33 bits per heavy atom. The minimum absolute atomic E-state index is 0.254. The molecule has 1 aliphatic rings. The molecule has 2 aromatic rings. The molecule has 0 aromatic carbocycles. The zero-order chi connectivity index (χ0) is 12.5. The number of hydrogen-bond donors (Lipinski definition) is 2. The summed E-state index contributed by atoms with van der Waals surface area (Å²) in [4.78, 5) is 16.6. The fourth-order valence-corrected chi connectivity index (χ4v) is 3.59. The van der Waals surface area contributed by atoms with Crippen molar-refractivity contribution < 1.29 is 10.1 Å². The molecule has 0 aliphatic carbocycles. The van der Waals surface area contributed by atoms with E-state index >= 15 is 0 Å². The summed E-state index contributed by atoms with van der Waals surface area (Å²) in [5, 5.41) is 9.04. The number of nitrogens with zero attached hydrogens (tertiary/aromatic N) is 4. The molecular formula is C10H13N5O2S. The highest BCUT2D eigenvalue weighted by Crippen LogP contribution is 2.42. The van der Waals surface area contributed by atoms with Crippen LogP contribution in [0.4, 0.5) is 5.82 Å². The first kappa shape index (κ1) is 11.7. The number of anilines is 1. The van der Waals surface area contributed by atoms with Gasteiger partial charge in [0.2, 0.25) is 0 Å². The minimum Gasteiger partial charge on any atom is -0.382 e. The van der Waals surface area contributed by atoms with Crippen molar-refractivity contribution in [3.8, 4) is 0 Å². The number of fused-ring (bicyclic) bond motifs is 1. The Balaban J connectivity index is 1.89. The molecule has 2 aromatic heterocycles. The number of nitrogens with two attached hydrogens (primary N) is 1. The van der Waals surface area contributed by atoms with E-state index in [1.54, 1.807) is 18.1 Å². The predicted octanol–water partition coefficient (Wildman–Crippen LogP) is 1.29. The average Bonchev–Trinajstić information content (AvgIpc) is 2.96. The number of rotatable bonds is 3. The Morgan fingerprint density at radius 3 is 3.17 bits per heavy atom. The maximum atomic E-state index is 8.48. The Bertz CT molecular complexity index is 560. The van der Waals surface area contributed by atoms with E-state index in [9.17, 15) is 0 Å². The molecule has 2 atom stereocenters. The number of imidazole rings is 1. The predicted molar refractivity (Wildman–Crippen MR) is 68.0 cm³/mol. The fourth-order valence-electron chi connectivity index (χ4n) is 2.18. The summed E-state index contributed by atoms with van der Waals surface area (Å²) in [7, 11) is 0. The molecule has 0 amide bonds. The van der Waals surface area contributed by atoms with Crippen LogP contribution >= 0.6 is 11.8 Å². The Labute approximate surface area is 107 Å². The third kappa shape index (κ3) is 1.92. The Morgan fingerprint density at radius 1 is 1.44 bits per heavy atom. The lowest BCUT2D eigenvalue weighted by atomic mass is 10.2. The molecule has 1 saturated heterocycles. The fraction of sp³-hybridized carbons (Fsp3) is 0.500. The van der Waals surface area contributed by atoms with Crippen LogP contribution < -0.4 is 5.73 Å². The highest BCUT2D eigenvalue weighted by Gasteiger charge is 2.28. The first-order chi connectivity index (χ1) is 8.79. The quantitative estimate of drug-likeness (QED) is 0.638. The molecule has 0 spiro atoms. The lowest BCUT2D eigenvalue weighted by molar-refractivity contribution is -0.241. The smallest absolute Gasteiger partial charge is 0.166 e. The molecule has 1 fully saturated rings. The van der Waals surface area contributed by atoms with Crippen LogP contribution in [0.5, 0.6) is 0 Å². The van der Waals surface area contributed by atoms with Gasteiger partial charge in [0.25, 0.3) is 0 Å². The maximum absolute atomic E-state index is 8.48. The topological polar surface area (TPSA) is 99.1 Å². The van der Waals surface area contributed by atoms with Gasteiger partial charge in [-0.2, -0.15) is 0 Å². The molecule has 0 saturated carbocycles. The van der Waals surface area contributed by atoms with Gasteiger partial charge in [-0.25, -0.2) is 19.8 Å². The van der Waals surface area contributed by atoms with Crippen molar-refractivity contribution in [1.82, 2.24) is 19.5 Å². The minimum atomic E-state index is 0.254. The molecule has 8 heteroatoms. The van der Waals surface area contributed by atoms with Crippen LogP contribution in [0.25, 0.3) is 11.2 Å². The molecule has 1 aliphatic heterocycles. The summed E-state index contributed by atoms with van der Waals surface area (Å²) in [6, 6.07) is 0. The van der Waals surface area contributed by atoms with Crippen molar-refractivity contribution in [1.29, 1.82) is 0 Å². The van der Waals surface area contributed by atoms with E-state index in [0.29, 0.717) is 23.2 Å². The van der Waals surface area contributed by atoms with Crippen LogP contribution in [0.2, 0.25) is 0 Å². The van der Waals surface area contributed by atoms with Gasteiger partial charge in [-0.3, -0.25) is 5.26 Å². The molecule has 7 nitrogen and oxygen atoms in total. The summed E-state index contributed by atoms with van der Waals surface area (Å²) in [6.07, 6.45) is 5.18. The van der Waals surface area contributed by atoms with Crippen molar-refractivity contribution >= 4 is 28.7 Å². The highest BCUT2D eigenvalue weighted by atomic mass is 32.2. The van der Waals surface area contributed by atoms with E-state index in [1.165, 1.54) is 6.33 Å². The number of aromatic nitrogens is 4. The normalized spacial score (nSPS) is 23.8. The lowest BCUT2D eigenvalue weighted by Gasteiger charge is -2.12. The number of nitrogen functional groups attached to an aromatic ring is 1. The van der Waals surface area contributed by atoms with Crippen LogP contribution in [-0.4, -0.2) is 36.6 Å². The molecule has 3 heterocycles. The molecule has 3 N–H and O–H groups in total. The SMILES string of the molecule is Nc1ncnc2c1ncn2[C@H]1CC[C@@H](COO)S1.